The van der Waals surface area contributed by atoms with Crippen LogP contribution in [-0.4, -0.2) is 29.1 Å². The van der Waals surface area contributed by atoms with E-state index < -0.39 is 24.1 Å². The van der Waals surface area contributed by atoms with Crippen LogP contribution in [0.5, 0.6) is 5.75 Å². The Morgan fingerprint density at radius 2 is 1.96 bits per heavy atom. The minimum Gasteiger partial charge on any atom is -0.484 e. The smallest absolute Gasteiger partial charge is 0.484 e. The van der Waals surface area contributed by atoms with Crippen molar-refractivity contribution in [2.24, 2.45) is 0 Å². The van der Waals surface area contributed by atoms with Crippen LogP contribution in [0.4, 0.5) is 14.5 Å². The molecule has 27 heavy (non-hydrogen) atoms. The molecule has 1 aliphatic heterocycles. The first-order valence-corrected chi connectivity index (χ1v) is 10.1. The van der Waals surface area contributed by atoms with Crippen molar-refractivity contribution < 1.29 is 22.8 Å². The van der Waals surface area contributed by atoms with E-state index in [1.54, 1.807) is 24.4 Å². The molecule has 1 N–H and O–H groups in total. The molecular weight excluding hydrogens is 393 g/mol. The van der Waals surface area contributed by atoms with Crippen molar-refractivity contribution in [1.82, 2.24) is 4.98 Å². The van der Waals surface area contributed by atoms with Gasteiger partial charge in [-0.05, 0) is 45.3 Å². The summed E-state index contributed by atoms with van der Waals surface area (Å²) in [5.41, 5.74) is 0.275. The van der Waals surface area contributed by atoms with Crippen LogP contribution in [-0.2, 0) is 15.9 Å². The van der Waals surface area contributed by atoms with Crippen molar-refractivity contribution in [3.63, 3.8) is 0 Å². The van der Waals surface area contributed by atoms with Crippen LogP contribution in [0, 0.1) is 0 Å². The van der Waals surface area contributed by atoms with E-state index in [9.17, 15) is 8.78 Å². The summed E-state index contributed by atoms with van der Waals surface area (Å²) in [6.45, 7) is 8.15. The number of halogens is 2. The highest BCUT2D eigenvalue weighted by Crippen LogP contribution is 2.37. The summed E-state index contributed by atoms with van der Waals surface area (Å²) in [6.07, 6.45) is 1.69. The second kappa shape index (κ2) is 7.94. The normalized spacial score (nSPS) is 18.1. The maximum Gasteiger partial charge on any atom is 0.494 e. The predicted molar refractivity (Wildman–Crippen MR) is 106 cm³/mol. The van der Waals surface area contributed by atoms with Gasteiger partial charge in [0.15, 0.2) is 0 Å². The molecule has 1 fully saturated rings. The van der Waals surface area contributed by atoms with Gasteiger partial charge in [-0.3, -0.25) is 0 Å². The Labute approximate surface area is 166 Å². The van der Waals surface area contributed by atoms with E-state index in [1.165, 1.54) is 11.3 Å². The van der Waals surface area contributed by atoms with Crippen molar-refractivity contribution in [2.75, 3.05) is 4.72 Å². The van der Waals surface area contributed by atoms with E-state index in [0.29, 0.717) is 23.4 Å². The maximum absolute atomic E-state index is 12.6. The van der Waals surface area contributed by atoms with Crippen LogP contribution in [0.3, 0.4) is 0 Å². The van der Waals surface area contributed by atoms with E-state index in [2.05, 4.69) is 9.71 Å². The third-order valence-electron chi connectivity index (χ3n) is 4.62. The summed E-state index contributed by atoms with van der Waals surface area (Å²) < 4.78 is 45.7. The number of benzene rings is 1. The first-order chi connectivity index (χ1) is 12.7. The van der Waals surface area contributed by atoms with Crippen molar-refractivity contribution in [1.29, 1.82) is 0 Å². The molecule has 1 aliphatic rings. The second-order valence-corrected chi connectivity index (χ2v) is 8.81. The van der Waals surface area contributed by atoms with E-state index in [-0.39, 0.29) is 6.61 Å². The van der Waals surface area contributed by atoms with Gasteiger partial charge < -0.3 is 18.8 Å². The second-order valence-electron chi connectivity index (χ2n) is 7.04. The number of hydrogen-bond acceptors (Lipinski definition) is 7. The zero-order chi connectivity index (χ0) is 19.7. The number of alkyl halides is 2. The van der Waals surface area contributed by atoms with E-state index in [4.69, 9.17) is 14.0 Å². The number of aromatic nitrogens is 1. The zero-order valence-corrected chi connectivity index (χ0v) is 17.1. The molecule has 1 aromatic heterocycles. The number of anilines is 1. The molecule has 3 rings (SSSR count). The average Bonchev–Trinajstić information content (AvgIpc) is 3.17. The highest BCUT2D eigenvalue weighted by atomic mass is 32.2. The molecule has 0 spiro atoms. The molecule has 0 amide bonds. The topological polar surface area (TPSA) is 52.6 Å². The van der Waals surface area contributed by atoms with Gasteiger partial charge in [-0.25, -0.2) is 4.98 Å². The summed E-state index contributed by atoms with van der Waals surface area (Å²) in [5.74, 6) is -2.11. The van der Waals surface area contributed by atoms with Gasteiger partial charge in [-0.2, -0.15) is 8.78 Å². The number of nitrogens with one attached hydrogen (secondary N) is 1. The largest absolute Gasteiger partial charge is 0.494 e. The van der Waals surface area contributed by atoms with Crippen LogP contribution in [0.25, 0.3) is 0 Å². The maximum atomic E-state index is 12.6. The van der Waals surface area contributed by atoms with Crippen molar-refractivity contribution in [2.45, 2.75) is 51.3 Å². The lowest BCUT2D eigenvalue weighted by molar-refractivity contribution is 0.00578. The lowest BCUT2D eigenvalue weighted by Crippen LogP contribution is -2.41. The van der Waals surface area contributed by atoms with Crippen molar-refractivity contribution in [3.05, 3.63) is 34.8 Å². The van der Waals surface area contributed by atoms with E-state index >= 15 is 0 Å². The van der Waals surface area contributed by atoms with Gasteiger partial charge in [-0.15, -0.1) is 11.3 Å². The Hall–Kier alpha value is -1.36. The van der Waals surface area contributed by atoms with Crippen LogP contribution in [0.1, 0.15) is 32.7 Å². The van der Waals surface area contributed by atoms with Crippen LogP contribution < -0.4 is 14.9 Å². The van der Waals surface area contributed by atoms with Gasteiger partial charge in [0.25, 0.3) is 0 Å². The monoisotopic (exact) mass is 414 g/mol. The minimum absolute atomic E-state index is 0.249. The summed E-state index contributed by atoms with van der Waals surface area (Å²) in [4.78, 5) is 4.17. The minimum atomic E-state index is -2.54. The van der Waals surface area contributed by atoms with Crippen molar-refractivity contribution in [3.8, 4) is 5.75 Å². The SMILES string of the molecule is CC1(C)OB(c2ccc(NSC(F)F)c(OCc3nccs3)c2)OC1(C)C. The molecule has 0 unspecified atom stereocenters. The first-order valence-electron chi connectivity index (χ1n) is 8.38. The number of hydrogen-bond donors (Lipinski definition) is 1. The number of ether oxygens (including phenoxy) is 1. The van der Waals surface area contributed by atoms with E-state index in [1.807, 2.05) is 33.1 Å². The molecule has 146 valence electrons. The fourth-order valence-electron chi connectivity index (χ4n) is 2.44. The molecule has 0 saturated carbocycles. The van der Waals surface area contributed by atoms with Gasteiger partial charge in [0, 0.05) is 23.5 Å². The molecule has 0 radical (unpaired) electrons. The quantitative estimate of drug-likeness (QED) is 0.539. The lowest BCUT2D eigenvalue weighted by Gasteiger charge is -2.32. The first kappa shape index (κ1) is 20.4. The van der Waals surface area contributed by atoms with Gasteiger partial charge in [0.2, 0.25) is 0 Å². The standard InChI is InChI=1S/C17H21BF2N2O3S2/c1-16(2)17(3,4)25-18(24-16)11-5-6-12(22-27-15(19)20)13(9-11)23-10-14-21-7-8-26-14/h5-9,15,22H,10H2,1-4H3. The molecule has 1 saturated heterocycles. The highest BCUT2D eigenvalue weighted by molar-refractivity contribution is 8.00. The third kappa shape index (κ3) is 4.74. The summed E-state index contributed by atoms with van der Waals surface area (Å²) in [6, 6.07) is 5.23. The summed E-state index contributed by atoms with van der Waals surface area (Å²) in [5, 5.41) is 2.65. The molecule has 5 nitrogen and oxygen atoms in total. The zero-order valence-electron chi connectivity index (χ0n) is 15.5. The van der Waals surface area contributed by atoms with Gasteiger partial charge in [0.1, 0.15) is 17.4 Å². The molecule has 0 atom stereocenters. The summed E-state index contributed by atoms with van der Waals surface area (Å²) >= 11 is 1.78. The average molecular weight is 414 g/mol. The molecular formula is C17H21BF2N2O3S2. The molecule has 10 heteroatoms. The lowest BCUT2D eigenvalue weighted by atomic mass is 9.79. The highest BCUT2D eigenvalue weighted by Gasteiger charge is 2.51. The van der Waals surface area contributed by atoms with Crippen LogP contribution in [0.2, 0.25) is 0 Å². The molecule has 0 aliphatic carbocycles. The van der Waals surface area contributed by atoms with Gasteiger partial charge >= 0.3 is 12.9 Å². The van der Waals surface area contributed by atoms with Crippen LogP contribution >= 0.6 is 23.3 Å². The Kier molecular flexibility index (Phi) is 6.00. The Bertz CT molecular complexity index is 760. The fraction of sp³-hybridized carbons (Fsp3) is 0.471. The third-order valence-corrected chi connectivity index (χ3v) is 5.89. The van der Waals surface area contributed by atoms with Gasteiger partial charge in [0.05, 0.1) is 16.9 Å². The van der Waals surface area contributed by atoms with Gasteiger partial charge in [-0.1, -0.05) is 6.07 Å². The van der Waals surface area contributed by atoms with Crippen LogP contribution in [0.15, 0.2) is 29.8 Å². The fourth-order valence-corrected chi connectivity index (χ4v) is 3.35. The van der Waals surface area contributed by atoms with Crippen molar-refractivity contribution >= 4 is 41.6 Å². The Morgan fingerprint density at radius 3 is 2.56 bits per heavy atom. The number of rotatable bonds is 7. The predicted octanol–water partition coefficient (Wildman–Crippen LogP) is 4.30. The van der Waals surface area contributed by atoms with E-state index in [0.717, 1.165) is 10.5 Å². The number of nitrogens with zero attached hydrogens (tertiary/aromatic N) is 1. The Morgan fingerprint density at radius 1 is 1.26 bits per heavy atom. The molecule has 1 aromatic carbocycles. The molecule has 2 heterocycles. The summed E-state index contributed by atoms with van der Waals surface area (Å²) in [7, 11) is -0.561. The number of thiazole rings is 1. The Balaban J connectivity index is 1.82. The molecule has 2 aromatic rings. The molecule has 0 bridgehead atoms.